The van der Waals surface area contributed by atoms with Crippen LogP contribution in [0.25, 0.3) is 93.6 Å². The van der Waals surface area contributed by atoms with Crippen LogP contribution in [0, 0.1) is 0 Å². The minimum atomic E-state index is 0.876. The van der Waals surface area contributed by atoms with Crippen LogP contribution in [0.1, 0.15) is 0 Å². The molecule has 0 unspecified atom stereocenters. The van der Waals surface area contributed by atoms with Gasteiger partial charge in [0.15, 0.2) is 0 Å². The zero-order valence-electron chi connectivity index (χ0n) is 33.2. The molecular weight excluding hydrogens is 741 g/mol. The summed E-state index contributed by atoms with van der Waals surface area (Å²) in [7, 11) is 0. The van der Waals surface area contributed by atoms with Crippen molar-refractivity contribution in [3.05, 3.63) is 231 Å². The predicted octanol–water partition coefficient (Wildman–Crippen LogP) is 16.3. The molecule has 0 spiro atoms. The number of anilines is 3. The molecule has 0 aliphatic carbocycles. The van der Waals surface area contributed by atoms with Gasteiger partial charge in [0.25, 0.3) is 0 Å². The lowest BCUT2D eigenvalue weighted by atomic mass is 9.96. The van der Waals surface area contributed by atoms with Crippen molar-refractivity contribution in [3.63, 3.8) is 0 Å². The Morgan fingerprint density at radius 3 is 1.70 bits per heavy atom. The van der Waals surface area contributed by atoms with Gasteiger partial charge in [0.2, 0.25) is 0 Å². The predicted molar refractivity (Wildman–Crippen MR) is 257 cm³/mol. The third-order valence-corrected chi connectivity index (χ3v) is 12.2. The van der Waals surface area contributed by atoms with Crippen molar-refractivity contribution in [2.24, 2.45) is 0 Å². The van der Waals surface area contributed by atoms with Crippen LogP contribution < -0.4 is 4.90 Å². The normalized spacial score (nSPS) is 11.6. The number of nitrogens with zero attached hydrogens (tertiary/aromatic N) is 2. The summed E-state index contributed by atoms with van der Waals surface area (Å²) < 4.78 is 8.85. The second kappa shape index (κ2) is 14.3. The lowest BCUT2D eigenvalue weighted by Crippen LogP contribution is -2.14. The zero-order chi connectivity index (χ0) is 40.3. The summed E-state index contributed by atoms with van der Waals surface area (Å²) in [5, 5.41) is 7.17. The molecule has 286 valence electrons. The van der Waals surface area contributed by atoms with Gasteiger partial charge in [-0.3, -0.25) is 0 Å². The van der Waals surface area contributed by atoms with Crippen LogP contribution in [-0.2, 0) is 0 Å². The van der Waals surface area contributed by atoms with Gasteiger partial charge in [-0.25, -0.2) is 0 Å². The summed E-state index contributed by atoms with van der Waals surface area (Å²) in [6.45, 7) is 0. The topological polar surface area (TPSA) is 21.3 Å². The molecule has 0 saturated carbocycles. The van der Waals surface area contributed by atoms with Gasteiger partial charge in [-0.15, -0.1) is 0 Å². The lowest BCUT2D eigenvalue weighted by molar-refractivity contribution is 0.669. The van der Waals surface area contributed by atoms with E-state index in [-0.39, 0.29) is 0 Å². The van der Waals surface area contributed by atoms with E-state index >= 15 is 0 Å². The average molecular weight is 779 g/mol. The number of fused-ring (bicyclic) bond motifs is 7. The van der Waals surface area contributed by atoms with E-state index in [1.165, 1.54) is 49.3 Å². The van der Waals surface area contributed by atoms with Crippen molar-refractivity contribution in [1.29, 1.82) is 0 Å². The van der Waals surface area contributed by atoms with Gasteiger partial charge in [-0.2, -0.15) is 0 Å². The Morgan fingerprint density at radius 2 is 0.902 bits per heavy atom. The highest BCUT2D eigenvalue weighted by molar-refractivity contribution is 6.14. The van der Waals surface area contributed by atoms with Crippen LogP contribution in [0.5, 0.6) is 0 Å². The molecule has 0 N–H and O–H groups in total. The smallest absolute Gasteiger partial charge is 0.136 e. The zero-order valence-corrected chi connectivity index (χ0v) is 33.2. The largest absolute Gasteiger partial charge is 0.456 e. The van der Waals surface area contributed by atoms with Crippen LogP contribution >= 0.6 is 0 Å². The Morgan fingerprint density at radius 1 is 0.344 bits per heavy atom. The first-order valence-corrected chi connectivity index (χ1v) is 20.8. The Hall–Kier alpha value is -8.14. The fraction of sp³-hybridized carbons (Fsp3) is 0. The van der Waals surface area contributed by atoms with Crippen LogP contribution in [0.3, 0.4) is 0 Å². The molecule has 2 heterocycles. The highest BCUT2D eigenvalue weighted by Crippen LogP contribution is 2.47. The Kier molecular flexibility index (Phi) is 8.17. The SMILES string of the molecule is c1cc(-c2ccc(N(c3ccccc3-c3cccc4oc5ccccc5c34)c3ccccc3-n3c4ccccc4c4ccccc43)cc2)cc(-c2ccc3ccccc3c2)c1. The lowest BCUT2D eigenvalue weighted by Gasteiger charge is -2.30. The van der Waals surface area contributed by atoms with E-state index in [1.807, 2.05) is 6.07 Å². The van der Waals surface area contributed by atoms with Gasteiger partial charge >= 0.3 is 0 Å². The molecule has 0 fully saturated rings. The summed E-state index contributed by atoms with van der Waals surface area (Å²) in [6, 6.07) is 83.0. The highest BCUT2D eigenvalue weighted by atomic mass is 16.3. The maximum Gasteiger partial charge on any atom is 0.136 e. The summed E-state index contributed by atoms with van der Waals surface area (Å²) in [4.78, 5) is 2.44. The molecule has 10 aromatic carbocycles. The summed E-state index contributed by atoms with van der Waals surface area (Å²) in [5.74, 6) is 0. The Labute approximate surface area is 353 Å². The summed E-state index contributed by atoms with van der Waals surface area (Å²) in [6.07, 6.45) is 0. The maximum absolute atomic E-state index is 6.43. The second-order valence-electron chi connectivity index (χ2n) is 15.7. The van der Waals surface area contributed by atoms with Crippen molar-refractivity contribution in [1.82, 2.24) is 4.57 Å². The van der Waals surface area contributed by atoms with Crippen LogP contribution in [0.4, 0.5) is 17.1 Å². The second-order valence-corrected chi connectivity index (χ2v) is 15.7. The standard InChI is InChI=1S/C58H38N2O/c1-2-16-41-38-44(32-31-39(41)15-1)43-18-13-17-42(37-43)40-33-35-45(36-34-40)59(51-24-7-5-21-48(51)49-23-14-30-57-58(49)50-22-6-12-29-56(50)61-57)54-27-10-11-28-55(54)60-52-25-8-3-19-46(52)47-20-4-9-26-53(47)60/h1-38H. The van der Waals surface area contributed by atoms with Crippen molar-refractivity contribution >= 4 is 71.6 Å². The molecule has 0 radical (unpaired) electrons. The fourth-order valence-electron chi connectivity index (χ4n) is 9.38. The van der Waals surface area contributed by atoms with E-state index in [4.69, 9.17) is 4.42 Å². The minimum Gasteiger partial charge on any atom is -0.456 e. The summed E-state index contributed by atoms with van der Waals surface area (Å²) >= 11 is 0. The first-order valence-electron chi connectivity index (χ1n) is 20.8. The number of hydrogen-bond donors (Lipinski definition) is 0. The van der Waals surface area contributed by atoms with E-state index in [0.29, 0.717) is 0 Å². The monoisotopic (exact) mass is 778 g/mol. The van der Waals surface area contributed by atoms with Gasteiger partial charge in [-0.05, 0) is 105 Å². The van der Waals surface area contributed by atoms with Crippen LogP contribution in [0.2, 0.25) is 0 Å². The van der Waals surface area contributed by atoms with E-state index in [1.54, 1.807) is 0 Å². The summed E-state index contributed by atoms with van der Waals surface area (Å²) in [5.41, 5.74) is 15.4. The molecule has 0 amide bonds. The van der Waals surface area contributed by atoms with E-state index in [2.05, 4.69) is 234 Å². The molecule has 2 aromatic heterocycles. The van der Waals surface area contributed by atoms with E-state index < -0.39 is 0 Å². The highest BCUT2D eigenvalue weighted by Gasteiger charge is 2.24. The molecule has 0 atom stereocenters. The number of hydrogen-bond acceptors (Lipinski definition) is 2. The number of rotatable bonds is 7. The number of furan rings is 1. The molecule has 12 aromatic rings. The molecule has 12 rings (SSSR count). The van der Waals surface area contributed by atoms with Crippen molar-refractivity contribution in [2.75, 3.05) is 4.90 Å². The van der Waals surface area contributed by atoms with Gasteiger partial charge in [0, 0.05) is 32.8 Å². The fourth-order valence-corrected chi connectivity index (χ4v) is 9.38. The quantitative estimate of drug-likeness (QED) is 0.161. The van der Waals surface area contributed by atoms with E-state index in [0.717, 1.165) is 61.4 Å². The van der Waals surface area contributed by atoms with Gasteiger partial charge in [-0.1, -0.05) is 164 Å². The third-order valence-electron chi connectivity index (χ3n) is 12.2. The first kappa shape index (κ1) is 34.9. The first-order chi connectivity index (χ1) is 30.3. The molecule has 0 saturated heterocycles. The molecule has 3 heteroatoms. The third kappa shape index (κ3) is 5.82. The van der Waals surface area contributed by atoms with Gasteiger partial charge < -0.3 is 13.9 Å². The van der Waals surface area contributed by atoms with Gasteiger partial charge in [0.1, 0.15) is 11.2 Å². The molecular formula is C58H38N2O. The van der Waals surface area contributed by atoms with Crippen LogP contribution in [0.15, 0.2) is 235 Å². The molecule has 0 aliphatic rings. The Bertz CT molecular complexity index is 3560. The average Bonchev–Trinajstić information content (AvgIpc) is 3.88. The van der Waals surface area contributed by atoms with Crippen LogP contribution in [-0.4, -0.2) is 4.57 Å². The number of benzene rings is 10. The maximum atomic E-state index is 6.43. The Balaban J connectivity index is 1.06. The minimum absolute atomic E-state index is 0.876. The molecule has 3 nitrogen and oxygen atoms in total. The number of aromatic nitrogens is 1. The van der Waals surface area contributed by atoms with Crippen molar-refractivity contribution in [2.45, 2.75) is 0 Å². The number of para-hydroxylation sites is 6. The molecule has 0 aliphatic heterocycles. The van der Waals surface area contributed by atoms with E-state index in [9.17, 15) is 0 Å². The molecule has 61 heavy (non-hydrogen) atoms. The van der Waals surface area contributed by atoms with Gasteiger partial charge in [0.05, 0.1) is 28.1 Å². The molecule has 0 bridgehead atoms. The van der Waals surface area contributed by atoms with Crippen molar-refractivity contribution < 1.29 is 4.42 Å². The van der Waals surface area contributed by atoms with Crippen molar-refractivity contribution in [3.8, 4) is 39.1 Å².